The molecule has 2 N–H and O–H groups in total. The van der Waals surface area contributed by atoms with Crippen LogP contribution in [-0.4, -0.2) is 39.2 Å². The maximum Gasteiger partial charge on any atom is 0.413 e. The highest BCUT2D eigenvalue weighted by Crippen LogP contribution is 2.23. The van der Waals surface area contributed by atoms with Crippen molar-refractivity contribution in [1.29, 1.82) is 0 Å². The maximum atomic E-state index is 12.9. The van der Waals surface area contributed by atoms with Gasteiger partial charge in [0.05, 0.1) is 23.3 Å². The Hall–Kier alpha value is -2.79. The zero-order chi connectivity index (χ0) is 20.0. The first-order chi connectivity index (χ1) is 12.7. The highest BCUT2D eigenvalue weighted by molar-refractivity contribution is 7.91. The number of halogens is 1. The van der Waals surface area contributed by atoms with Crippen molar-refractivity contribution in [3.8, 4) is 0 Å². The van der Waals surface area contributed by atoms with Crippen LogP contribution in [0.25, 0.3) is 0 Å². The molecule has 1 heterocycles. The number of rotatable bonds is 6. The van der Waals surface area contributed by atoms with E-state index in [4.69, 9.17) is 0 Å². The molecule has 0 bridgehead atoms. The number of thiophene rings is 1. The average molecular weight is 414 g/mol. The topological polar surface area (TPSA) is 119 Å². The lowest BCUT2D eigenvalue weighted by atomic mass is 10.3. The van der Waals surface area contributed by atoms with Gasteiger partial charge in [0, 0.05) is 6.42 Å². The number of amides is 3. The summed E-state index contributed by atoms with van der Waals surface area (Å²) in [5.74, 6) is -2.45. The first-order valence-corrected chi connectivity index (χ1v) is 10.0. The molecular formula is C16H15FN2O6S2. The van der Waals surface area contributed by atoms with Crippen LogP contribution in [-0.2, 0) is 19.4 Å². The first kappa shape index (κ1) is 20.5. The fraction of sp³-hybridized carbons (Fsp3) is 0.188. The lowest BCUT2D eigenvalue weighted by molar-refractivity contribution is -0.115. The smallest absolute Gasteiger partial charge is 0.413 e. The molecule has 0 fully saturated rings. The lowest BCUT2D eigenvalue weighted by Crippen LogP contribution is -2.30. The van der Waals surface area contributed by atoms with E-state index in [0.717, 1.165) is 42.7 Å². The first-order valence-electron chi connectivity index (χ1n) is 7.48. The summed E-state index contributed by atoms with van der Waals surface area (Å²) in [5, 5.41) is 6.09. The van der Waals surface area contributed by atoms with Gasteiger partial charge >= 0.3 is 6.09 Å². The van der Waals surface area contributed by atoms with Gasteiger partial charge in [-0.05, 0) is 35.7 Å². The van der Waals surface area contributed by atoms with Gasteiger partial charge in [0.15, 0.2) is 9.84 Å². The molecule has 0 aliphatic heterocycles. The Labute approximate surface area is 158 Å². The fourth-order valence-electron chi connectivity index (χ4n) is 1.97. The third-order valence-corrected chi connectivity index (χ3v) is 5.90. The fourth-order valence-corrected chi connectivity index (χ4v) is 4.01. The number of methoxy groups -OCH3 is 1. The van der Waals surface area contributed by atoms with Crippen molar-refractivity contribution in [2.75, 3.05) is 18.2 Å². The second-order valence-corrected chi connectivity index (χ2v) is 8.21. The minimum absolute atomic E-state index is 0.0418. The molecule has 27 heavy (non-hydrogen) atoms. The summed E-state index contributed by atoms with van der Waals surface area (Å²) >= 11 is 1.04. The van der Waals surface area contributed by atoms with E-state index in [-0.39, 0.29) is 21.9 Å². The van der Waals surface area contributed by atoms with Crippen molar-refractivity contribution in [3.05, 3.63) is 47.1 Å². The van der Waals surface area contributed by atoms with Crippen molar-refractivity contribution in [1.82, 2.24) is 5.32 Å². The minimum atomic E-state index is -3.76. The number of alkyl carbamates (subject to hydrolysis) is 1. The van der Waals surface area contributed by atoms with Crippen molar-refractivity contribution in [2.45, 2.75) is 11.3 Å². The molecule has 0 atom stereocenters. The zero-order valence-corrected chi connectivity index (χ0v) is 15.7. The Morgan fingerprint density at radius 2 is 1.81 bits per heavy atom. The monoisotopic (exact) mass is 414 g/mol. The number of carbonyl (C=O) groups excluding carboxylic acids is 3. The number of benzene rings is 1. The SMILES string of the molecule is COC(=O)NC(=O)c1ccsc1NC(=O)CCS(=O)(=O)c1ccc(F)cc1. The molecule has 3 amide bonds. The second-order valence-electron chi connectivity index (χ2n) is 5.18. The van der Waals surface area contributed by atoms with Gasteiger partial charge in [0.2, 0.25) is 5.91 Å². The largest absolute Gasteiger partial charge is 0.453 e. The maximum absolute atomic E-state index is 12.9. The van der Waals surface area contributed by atoms with Crippen molar-refractivity contribution in [3.63, 3.8) is 0 Å². The van der Waals surface area contributed by atoms with Gasteiger partial charge < -0.3 is 10.1 Å². The Bertz CT molecular complexity index is 954. The van der Waals surface area contributed by atoms with E-state index in [0.29, 0.717) is 0 Å². The molecule has 1 aromatic heterocycles. The summed E-state index contributed by atoms with van der Waals surface area (Å²) in [7, 11) is -2.66. The number of carbonyl (C=O) groups is 3. The number of ether oxygens (including phenoxy) is 1. The Morgan fingerprint density at radius 1 is 1.15 bits per heavy atom. The summed E-state index contributed by atoms with van der Waals surface area (Å²) in [6, 6.07) is 5.68. The molecule has 1 aromatic carbocycles. The summed E-state index contributed by atoms with van der Waals surface area (Å²) < 4.78 is 41.5. The van der Waals surface area contributed by atoms with Crippen LogP contribution in [0.2, 0.25) is 0 Å². The van der Waals surface area contributed by atoms with E-state index in [1.807, 2.05) is 5.32 Å². The van der Waals surface area contributed by atoms with Gasteiger partial charge in [-0.25, -0.2) is 17.6 Å². The van der Waals surface area contributed by atoms with Gasteiger partial charge in [-0.3, -0.25) is 14.9 Å². The van der Waals surface area contributed by atoms with Gasteiger partial charge in [-0.2, -0.15) is 0 Å². The van der Waals surface area contributed by atoms with Crippen LogP contribution in [0.4, 0.5) is 14.2 Å². The van der Waals surface area contributed by atoms with E-state index >= 15 is 0 Å². The summed E-state index contributed by atoms with van der Waals surface area (Å²) in [6.07, 6.45) is -1.32. The Morgan fingerprint density at radius 3 is 2.44 bits per heavy atom. The molecule has 8 nitrogen and oxygen atoms in total. The zero-order valence-electron chi connectivity index (χ0n) is 14.0. The van der Waals surface area contributed by atoms with E-state index in [9.17, 15) is 27.2 Å². The van der Waals surface area contributed by atoms with Gasteiger partial charge in [0.1, 0.15) is 10.8 Å². The van der Waals surface area contributed by atoms with Gasteiger partial charge in [0.25, 0.3) is 5.91 Å². The lowest BCUT2D eigenvalue weighted by Gasteiger charge is -2.07. The number of anilines is 1. The third-order valence-electron chi connectivity index (χ3n) is 3.33. The summed E-state index contributed by atoms with van der Waals surface area (Å²) in [6.45, 7) is 0. The molecule has 0 aliphatic rings. The molecule has 0 aliphatic carbocycles. The normalized spacial score (nSPS) is 10.9. The number of hydrogen-bond donors (Lipinski definition) is 2. The van der Waals surface area contributed by atoms with Crippen LogP contribution in [0.15, 0.2) is 40.6 Å². The molecule has 0 saturated carbocycles. The number of sulfone groups is 1. The molecule has 0 radical (unpaired) electrons. The molecule has 2 rings (SSSR count). The quantitative estimate of drug-likeness (QED) is 0.700. The molecule has 11 heteroatoms. The minimum Gasteiger partial charge on any atom is -0.453 e. The van der Waals surface area contributed by atoms with Crippen molar-refractivity contribution in [2.24, 2.45) is 0 Å². The number of hydrogen-bond acceptors (Lipinski definition) is 7. The van der Waals surface area contributed by atoms with Crippen LogP contribution in [0.5, 0.6) is 0 Å². The highest BCUT2D eigenvalue weighted by Gasteiger charge is 2.20. The van der Waals surface area contributed by atoms with Crippen LogP contribution in [0, 0.1) is 5.82 Å². The van der Waals surface area contributed by atoms with E-state index in [2.05, 4.69) is 10.1 Å². The molecule has 2 aromatic rings. The Kier molecular flexibility index (Phi) is 6.64. The second kappa shape index (κ2) is 8.73. The van der Waals surface area contributed by atoms with Crippen LogP contribution in [0.3, 0.4) is 0 Å². The summed E-state index contributed by atoms with van der Waals surface area (Å²) in [4.78, 5) is 35.0. The van der Waals surface area contributed by atoms with Crippen molar-refractivity contribution >= 4 is 44.1 Å². The van der Waals surface area contributed by atoms with Crippen LogP contribution >= 0.6 is 11.3 Å². The van der Waals surface area contributed by atoms with E-state index in [1.54, 1.807) is 0 Å². The molecule has 0 unspecified atom stereocenters. The van der Waals surface area contributed by atoms with Crippen molar-refractivity contribution < 1.29 is 31.9 Å². The predicted octanol–water partition coefficient (Wildman–Crippen LogP) is 2.19. The molecule has 144 valence electrons. The van der Waals surface area contributed by atoms with E-state index in [1.165, 1.54) is 11.4 Å². The molecule has 0 spiro atoms. The standard InChI is InChI=1S/C16H15FN2O6S2/c1-25-16(22)19-14(21)12-6-8-26-15(12)18-13(20)7-9-27(23,24)11-4-2-10(17)3-5-11/h2-6,8H,7,9H2,1H3,(H,18,20)(H,19,21,22). The van der Waals surface area contributed by atoms with Crippen LogP contribution in [0.1, 0.15) is 16.8 Å². The molecular weight excluding hydrogens is 399 g/mol. The summed E-state index contributed by atoms with van der Waals surface area (Å²) in [5.41, 5.74) is 0.0418. The van der Waals surface area contributed by atoms with Gasteiger partial charge in [-0.1, -0.05) is 0 Å². The predicted molar refractivity (Wildman–Crippen MR) is 95.9 cm³/mol. The number of nitrogens with one attached hydrogen (secondary N) is 2. The van der Waals surface area contributed by atoms with E-state index < -0.39 is 39.3 Å². The average Bonchev–Trinajstić information content (AvgIpc) is 3.08. The third kappa shape index (κ3) is 5.59. The molecule has 0 saturated heterocycles. The Balaban J connectivity index is 1.98. The van der Waals surface area contributed by atoms with Gasteiger partial charge in [-0.15, -0.1) is 11.3 Å². The van der Waals surface area contributed by atoms with Crippen LogP contribution < -0.4 is 10.6 Å². The number of imide groups is 1. The highest BCUT2D eigenvalue weighted by atomic mass is 32.2.